The van der Waals surface area contributed by atoms with E-state index in [4.69, 9.17) is 20.6 Å². The Hall–Kier alpha value is -2.35. The molecule has 0 fully saturated rings. The molecular weight excluding hydrogens is 236 g/mol. The maximum absolute atomic E-state index is 11.7. The molecule has 5 heteroatoms. The molecule has 0 unspecified atom stereocenters. The summed E-state index contributed by atoms with van der Waals surface area (Å²) in [5.41, 5.74) is 0.376. The molecule has 0 heterocycles. The highest BCUT2D eigenvalue weighted by molar-refractivity contribution is 5.97. The van der Waals surface area contributed by atoms with Crippen LogP contribution in [0.4, 0.5) is 0 Å². The summed E-state index contributed by atoms with van der Waals surface area (Å²) in [6, 6.07) is 1.52. The fraction of sp³-hybridized carbons (Fsp3) is 0.308. The molecule has 1 aromatic carbocycles. The van der Waals surface area contributed by atoms with Crippen molar-refractivity contribution in [1.29, 1.82) is 0 Å². The van der Waals surface area contributed by atoms with Crippen LogP contribution in [0.25, 0.3) is 0 Å². The lowest BCUT2D eigenvalue weighted by molar-refractivity contribution is 0.0596. The van der Waals surface area contributed by atoms with Gasteiger partial charge < -0.3 is 18.9 Å². The Balaban J connectivity index is 3.67. The Morgan fingerprint density at radius 3 is 2.11 bits per heavy atom. The highest BCUT2D eigenvalue weighted by Crippen LogP contribution is 2.39. The molecule has 0 radical (unpaired) electrons. The Morgan fingerprint density at radius 2 is 1.72 bits per heavy atom. The number of hydrogen-bond acceptors (Lipinski definition) is 5. The molecule has 0 N–H and O–H groups in total. The molecule has 0 aliphatic rings. The van der Waals surface area contributed by atoms with E-state index in [2.05, 4.69) is 10.7 Å². The van der Waals surface area contributed by atoms with E-state index in [0.717, 1.165) is 0 Å². The number of carbonyl (C=O) groups is 1. The van der Waals surface area contributed by atoms with Crippen LogP contribution in [-0.4, -0.2) is 34.4 Å². The van der Waals surface area contributed by atoms with Crippen molar-refractivity contribution < 1.29 is 23.7 Å². The molecule has 0 aliphatic heterocycles. The molecule has 0 aromatic heterocycles. The van der Waals surface area contributed by atoms with Crippen molar-refractivity contribution in [3.63, 3.8) is 0 Å². The summed E-state index contributed by atoms with van der Waals surface area (Å²) in [5.74, 6) is 2.75. The van der Waals surface area contributed by atoms with Gasteiger partial charge in [-0.3, -0.25) is 0 Å². The van der Waals surface area contributed by atoms with Crippen LogP contribution in [0.1, 0.15) is 15.9 Å². The second kappa shape index (κ2) is 5.82. The van der Waals surface area contributed by atoms with Gasteiger partial charge in [-0.15, -0.1) is 6.42 Å². The van der Waals surface area contributed by atoms with E-state index in [1.54, 1.807) is 0 Å². The monoisotopic (exact) mass is 250 g/mol. The standard InChI is InChI=1S/C13H14O5/c1-6-8-11(13(14)18-5)9(15-2)7-10(16-3)12(8)17-4/h1,7H,2-5H3. The van der Waals surface area contributed by atoms with Crippen LogP contribution in [0.3, 0.4) is 0 Å². The van der Waals surface area contributed by atoms with Crippen molar-refractivity contribution in [2.75, 3.05) is 28.4 Å². The van der Waals surface area contributed by atoms with E-state index in [9.17, 15) is 4.79 Å². The lowest BCUT2D eigenvalue weighted by Crippen LogP contribution is -2.09. The summed E-state index contributed by atoms with van der Waals surface area (Å²) in [4.78, 5) is 11.7. The fourth-order valence-corrected chi connectivity index (χ4v) is 1.57. The first kappa shape index (κ1) is 13.7. The number of benzene rings is 1. The van der Waals surface area contributed by atoms with Gasteiger partial charge in [0.1, 0.15) is 11.3 Å². The quantitative estimate of drug-likeness (QED) is 0.598. The number of methoxy groups -OCH3 is 4. The van der Waals surface area contributed by atoms with Crippen molar-refractivity contribution in [1.82, 2.24) is 0 Å². The summed E-state index contributed by atoms with van der Waals surface area (Å²) < 4.78 is 20.1. The molecular formula is C13H14O5. The van der Waals surface area contributed by atoms with E-state index in [1.807, 2.05) is 0 Å². The maximum Gasteiger partial charge on any atom is 0.343 e. The van der Waals surface area contributed by atoms with Crippen LogP contribution in [-0.2, 0) is 4.74 Å². The molecule has 1 rings (SSSR count). The smallest absolute Gasteiger partial charge is 0.343 e. The van der Waals surface area contributed by atoms with Crippen LogP contribution >= 0.6 is 0 Å². The van der Waals surface area contributed by atoms with Gasteiger partial charge in [-0.25, -0.2) is 4.79 Å². The average Bonchev–Trinajstić information content (AvgIpc) is 2.43. The molecule has 0 saturated heterocycles. The minimum Gasteiger partial charge on any atom is -0.496 e. The number of carbonyl (C=O) groups excluding carboxylic acids is 1. The van der Waals surface area contributed by atoms with Crippen LogP contribution in [0.5, 0.6) is 17.2 Å². The zero-order valence-corrected chi connectivity index (χ0v) is 10.7. The molecule has 0 amide bonds. The van der Waals surface area contributed by atoms with Gasteiger partial charge in [-0.05, 0) is 0 Å². The zero-order chi connectivity index (χ0) is 13.7. The SMILES string of the molecule is C#Cc1c(OC)c(OC)cc(OC)c1C(=O)OC. The molecule has 0 aliphatic carbocycles. The highest BCUT2D eigenvalue weighted by Gasteiger charge is 2.24. The number of hydrogen-bond donors (Lipinski definition) is 0. The predicted octanol–water partition coefficient (Wildman–Crippen LogP) is 1.48. The topological polar surface area (TPSA) is 54.0 Å². The maximum atomic E-state index is 11.7. The first-order valence-corrected chi connectivity index (χ1v) is 5.02. The van der Waals surface area contributed by atoms with Crippen molar-refractivity contribution in [3.8, 4) is 29.6 Å². The second-order valence-corrected chi connectivity index (χ2v) is 3.20. The second-order valence-electron chi connectivity index (χ2n) is 3.20. The predicted molar refractivity (Wildman–Crippen MR) is 65.4 cm³/mol. The molecule has 1 aromatic rings. The van der Waals surface area contributed by atoms with Crippen molar-refractivity contribution in [3.05, 3.63) is 17.2 Å². The summed E-state index contributed by atoms with van der Waals surface area (Å²) in [5, 5.41) is 0. The Kier molecular flexibility index (Phi) is 4.44. The van der Waals surface area contributed by atoms with Crippen molar-refractivity contribution >= 4 is 5.97 Å². The molecule has 96 valence electrons. The van der Waals surface area contributed by atoms with E-state index in [1.165, 1.54) is 34.5 Å². The van der Waals surface area contributed by atoms with Gasteiger partial charge >= 0.3 is 5.97 Å². The third-order valence-corrected chi connectivity index (χ3v) is 2.39. The number of esters is 1. The summed E-state index contributed by atoms with van der Waals surface area (Å²) in [6.45, 7) is 0. The number of ether oxygens (including phenoxy) is 4. The minimum atomic E-state index is -0.597. The zero-order valence-electron chi connectivity index (χ0n) is 10.7. The van der Waals surface area contributed by atoms with E-state index in [-0.39, 0.29) is 16.9 Å². The summed E-state index contributed by atoms with van der Waals surface area (Å²) in [7, 11) is 5.59. The third-order valence-electron chi connectivity index (χ3n) is 2.39. The average molecular weight is 250 g/mol. The van der Waals surface area contributed by atoms with Gasteiger partial charge in [-0.2, -0.15) is 0 Å². The molecule has 18 heavy (non-hydrogen) atoms. The Morgan fingerprint density at radius 1 is 1.11 bits per heavy atom. The van der Waals surface area contributed by atoms with Gasteiger partial charge in [0.2, 0.25) is 0 Å². The minimum absolute atomic E-state index is 0.139. The van der Waals surface area contributed by atoms with Crippen LogP contribution < -0.4 is 14.2 Å². The highest BCUT2D eigenvalue weighted by atomic mass is 16.5. The van der Waals surface area contributed by atoms with E-state index >= 15 is 0 Å². The lowest BCUT2D eigenvalue weighted by Gasteiger charge is -2.15. The van der Waals surface area contributed by atoms with Crippen molar-refractivity contribution in [2.24, 2.45) is 0 Å². The summed E-state index contributed by atoms with van der Waals surface area (Å²) >= 11 is 0. The van der Waals surface area contributed by atoms with Gasteiger partial charge in [0.25, 0.3) is 0 Å². The molecule has 0 bridgehead atoms. The number of rotatable bonds is 4. The Bertz CT molecular complexity index is 499. The van der Waals surface area contributed by atoms with Crippen LogP contribution in [0.15, 0.2) is 6.07 Å². The van der Waals surface area contributed by atoms with E-state index < -0.39 is 5.97 Å². The van der Waals surface area contributed by atoms with Gasteiger partial charge in [-0.1, -0.05) is 5.92 Å². The first-order valence-electron chi connectivity index (χ1n) is 5.02. The Labute approximate surface area is 106 Å². The molecule has 0 spiro atoms. The fourth-order valence-electron chi connectivity index (χ4n) is 1.57. The van der Waals surface area contributed by atoms with Gasteiger partial charge in [0.05, 0.1) is 34.0 Å². The lowest BCUT2D eigenvalue weighted by atomic mass is 10.0. The van der Waals surface area contributed by atoms with Crippen LogP contribution in [0, 0.1) is 12.3 Å². The molecule has 0 atom stereocenters. The normalized spacial score (nSPS) is 9.28. The largest absolute Gasteiger partial charge is 0.496 e. The summed E-state index contributed by atoms with van der Waals surface area (Å²) in [6.07, 6.45) is 5.42. The van der Waals surface area contributed by atoms with Gasteiger partial charge in [0, 0.05) is 6.07 Å². The first-order chi connectivity index (χ1) is 8.64. The van der Waals surface area contributed by atoms with Crippen molar-refractivity contribution in [2.45, 2.75) is 0 Å². The van der Waals surface area contributed by atoms with E-state index in [0.29, 0.717) is 11.5 Å². The third kappa shape index (κ3) is 2.18. The van der Waals surface area contributed by atoms with Crippen LogP contribution in [0.2, 0.25) is 0 Å². The number of terminal acetylenes is 1. The van der Waals surface area contributed by atoms with Gasteiger partial charge in [0.15, 0.2) is 11.5 Å². The molecule has 0 saturated carbocycles. The molecule has 5 nitrogen and oxygen atoms in total.